The summed E-state index contributed by atoms with van der Waals surface area (Å²) in [6, 6.07) is 13.5. The van der Waals surface area contributed by atoms with Gasteiger partial charge in [0.05, 0.1) is 23.7 Å². The van der Waals surface area contributed by atoms with E-state index in [0.29, 0.717) is 17.9 Å². The number of hydrogen-bond donors (Lipinski definition) is 1. The number of carbonyl (C=O) groups excluding carboxylic acids is 1. The third kappa shape index (κ3) is 7.73. The molecule has 0 fully saturated rings. The quantitative estimate of drug-likeness (QED) is 0.259. The zero-order valence-corrected chi connectivity index (χ0v) is 16.9. The van der Waals surface area contributed by atoms with Crippen molar-refractivity contribution in [2.24, 2.45) is 5.10 Å². The Labute approximate surface area is 170 Å². The molecule has 0 spiro atoms. The molecular weight excluding hydrogens is 370 g/mol. The van der Waals surface area contributed by atoms with Gasteiger partial charge in [-0.05, 0) is 48.7 Å². The number of carbonyl (C=O) groups is 1. The molecule has 0 aliphatic heterocycles. The molecule has 0 aliphatic rings. The molecule has 0 atom stereocenters. The third-order valence-electron chi connectivity index (χ3n) is 4.40. The second-order valence-corrected chi connectivity index (χ2v) is 6.77. The molecule has 154 valence electrons. The molecule has 0 aliphatic carbocycles. The molecule has 0 unspecified atom stereocenters. The van der Waals surface area contributed by atoms with Crippen LogP contribution >= 0.6 is 0 Å². The van der Waals surface area contributed by atoms with Crippen LogP contribution < -0.4 is 10.2 Å². The molecule has 0 aromatic heterocycles. The maximum absolute atomic E-state index is 12.0. The molecular formula is C22H27N3O4. The van der Waals surface area contributed by atoms with Gasteiger partial charge in [0.1, 0.15) is 5.75 Å². The van der Waals surface area contributed by atoms with Gasteiger partial charge >= 0.3 is 0 Å². The molecule has 1 N–H and O–H groups in total. The predicted octanol–water partition coefficient (Wildman–Crippen LogP) is 4.64. The second kappa shape index (κ2) is 11.6. The van der Waals surface area contributed by atoms with Gasteiger partial charge in [-0.2, -0.15) is 5.10 Å². The molecule has 2 aromatic rings. The number of unbranched alkanes of at least 4 members (excludes halogenated alkanes) is 3. The van der Waals surface area contributed by atoms with Crippen LogP contribution in [0.5, 0.6) is 5.75 Å². The molecule has 0 saturated carbocycles. The van der Waals surface area contributed by atoms with E-state index >= 15 is 0 Å². The van der Waals surface area contributed by atoms with Crippen molar-refractivity contribution in [2.45, 2.75) is 46.0 Å². The highest BCUT2D eigenvalue weighted by Gasteiger charge is 2.07. The average Bonchev–Trinajstić information content (AvgIpc) is 2.72. The van der Waals surface area contributed by atoms with Crippen LogP contribution in [0.25, 0.3) is 0 Å². The number of rotatable bonds is 11. The number of amides is 1. The molecule has 0 radical (unpaired) electrons. The summed E-state index contributed by atoms with van der Waals surface area (Å²) in [5, 5.41) is 14.8. The Morgan fingerprint density at radius 1 is 1.07 bits per heavy atom. The number of nitrogens with one attached hydrogen (secondary N) is 1. The minimum atomic E-state index is -0.472. The van der Waals surface area contributed by atoms with Crippen LogP contribution in [0.3, 0.4) is 0 Å². The first-order valence-electron chi connectivity index (χ1n) is 9.79. The van der Waals surface area contributed by atoms with E-state index in [-0.39, 0.29) is 18.0 Å². The van der Waals surface area contributed by atoms with E-state index in [4.69, 9.17) is 4.74 Å². The van der Waals surface area contributed by atoms with Crippen molar-refractivity contribution in [3.63, 3.8) is 0 Å². The van der Waals surface area contributed by atoms with Crippen molar-refractivity contribution in [1.82, 2.24) is 5.43 Å². The molecule has 29 heavy (non-hydrogen) atoms. The van der Waals surface area contributed by atoms with Crippen molar-refractivity contribution in [3.8, 4) is 5.75 Å². The smallest absolute Gasteiger partial charge is 0.269 e. The summed E-state index contributed by atoms with van der Waals surface area (Å²) in [6.07, 6.45) is 4.77. The van der Waals surface area contributed by atoms with E-state index in [9.17, 15) is 14.9 Å². The van der Waals surface area contributed by atoms with Crippen molar-refractivity contribution in [3.05, 3.63) is 69.8 Å². The Kier molecular flexibility index (Phi) is 8.82. The number of nitro groups is 1. The van der Waals surface area contributed by atoms with Crippen molar-refractivity contribution < 1.29 is 14.5 Å². The minimum Gasteiger partial charge on any atom is -0.494 e. The SMILES string of the molecule is CCCCCCOc1ccc(/C(C)=N/NC(=O)Cc2ccc([N+](=O)[O-])cc2)cc1. The average molecular weight is 397 g/mol. The van der Waals surface area contributed by atoms with Gasteiger partial charge in [-0.1, -0.05) is 38.3 Å². The van der Waals surface area contributed by atoms with Gasteiger partial charge in [0, 0.05) is 12.1 Å². The molecule has 7 nitrogen and oxygen atoms in total. The van der Waals surface area contributed by atoms with Gasteiger partial charge in [-0.25, -0.2) is 5.43 Å². The summed E-state index contributed by atoms with van der Waals surface area (Å²) in [6.45, 7) is 4.71. The lowest BCUT2D eigenvalue weighted by Crippen LogP contribution is -2.21. The van der Waals surface area contributed by atoms with E-state index in [0.717, 1.165) is 17.7 Å². The molecule has 2 aromatic carbocycles. The standard InChI is InChI=1S/C22H27N3O4/c1-3-4-5-6-15-29-21-13-9-19(10-14-21)17(2)23-24-22(26)16-18-7-11-20(12-8-18)25(27)28/h7-14H,3-6,15-16H2,1-2H3,(H,24,26)/b23-17+. The first-order chi connectivity index (χ1) is 14.0. The zero-order valence-electron chi connectivity index (χ0n) is 16.9. The Bertz CT molecular complexity index is 830. The van der Waals surface area contributed by atoms with Crippen LogP contribution in [-0.4, -0.2) is 23.1 Å². The van der Waals surface area contributed by atoms with E-state index in [1.54, 1.807) is 12.1 Å². The van der Waals surface area contributed by atoms with Crippen LogP contribution in [0.1, 0.15) is 50.7 Å². The number of nitrogens with zero attached hydrogens (tertiary/aromatic N) is 2. The van der Waals surface area contributed by atoms with Gasteiger partial charge in [0.15, 0.2) is 0 Å². The fourth-order valence-electron chi connectivity index (χ4n) is 2.68. The highest BCUT2D eigenvalue weighted by Crippen LogP contribution is 2.14. The number of non-ortho nitro benzene ring substituents is 1. The third-order valence-corrected chi connectivity index (χ3v) is 4.40. The highest BCUT2D eigenvalue weighted by molar-refractivity contribution is 5.99. The molecule has 2 rings (SSSR count). The normalized spacial score (nSPS) is 11.2. The van der Waals surface area contributed by atoms with E-state index in [1.165, 1.54) is 31.4 Å². The molecule has 7 heteroatoms. The van der Waals surface area contributed by atoms with Crippen LogP contribution in [0.15, 0.2) is 53.6 Å². The van der Waals surface area contributed by atoms with Crippen LogP contribution in [0, 0.1) is 10.1 Å². The Morgan fingerprint density at radius 2 is 1.76 bits per heavy atom. The lowest BCUT2D eigenvalue weighted by Gasteiger charge is -2.07. The van der Waals surface area contributed by atoms with Crippen LogP contribution in [0.2, 0.25) is 0 Å². The Hall–Kier alpha value is -3.22. The summed E-state index contributed by atoms with van der Waals surface area (Å²) in [4.78, 5) is 22.2. The second-order valence-electron chi connectivity index (χ2n) is 6.77. The lowest BCUT2D eigenvalue weighted by molar-refractivity contribution is -0.384. The molecule has 0 heterocycles. The summed E-state index contributed by atoms with van der Waals surface area (Å²) in [5.41, 5.74) is 4.76. The monoisotopic (exact) mass is 397 g/mol. The summed E-state index contributed by atoms with van der Waals surface area (Å²) in [7, 11) is 0. The molecule has 0 saturated heterocycles. The largest absolute Gasteiger partial charge is 0.494 e. The van der Waals surface area contributed by atoms with Crippen molar-refractivity contribution in [1.29, 1.82) is 0 Å². The summed E-state index contributed by atoms with van der Waals surface area (Å²) in [5.74, 6) is 0.533. The highest BCUT2D eigenvalue weighted by atomic mass is 16.6. The number of ether oxygens (including phenoxy) is 1. The topological polar surface area (TPSA) is 93.8 Å². The summed E-state index contributed by atoms with van der Waals surface area (Å²) >= 11 is 0. The Balaban J connectivity index is 1.82. The van der Waals surface area contributed by atoms with Crippen LogP contribution in [0.4, 0.5) is 5.69 Å². The van der Waals surface area contributed by atoms with E-state index in [1.807, 2.05) is 31.2 Å². The first kappa shape index (κ1) is 22.1. The fourth-order valence-corrected chi connectivity index (χ4v) is 2.68. The van der Waals surface area contributed by atoms with Gasteiger partial charge in [-0.3, -0.25) is 14.9 Å². The Morgan fingerprint density at radius 3 is 2.38 bits per heavy atom. The lowest BCUT2D eigenvalue weighted by atomic mass is 10.1. The fraction of sp³-hybridized carbons (Fsp3) is 0.364. The van der Waals surface area contributed by atoms with Crippen molar-refractivity contribution in [2.75, 3.05) is 6.61 Å². The number of benzene rings is 2. The van der Waals surface area contributed by atoms with E-state index in [2.05, 4.69) is 17.5 Å². The van der Waals surface area contributed by atoms with Crippen LogP contribution in [-0.2, 0) is 11.2 Å². The zero-order chi connectivity index (χ0) is 21.1. The molecule has 0 bridgehead atoms. The first-order valence-corrected chi connectivity index (χ1v) is 9.79. The maximum Gasteiger partial charge on any atom is 0.269 e. The maximum atomic E-state index is 12.0. The number of hydrazone groups is 1. The predicted molar refractivity (Wildman–Crippen MR) is 113 cm³/mol. The van der Waals surface area contributed by atoms with Gasteiger partial charge < -0.3 is 4.74 Å². The van der Waals surface area contributed by atoms with Gasteiger partial charge in [-0.15, -0.1) is 0 Å². The number of nitro benzene ring substituents is 1. The summed E-state index contributed by atoms with van der Waals surface area (Å²) < 4.78 is 5.72. The van der Waals surface area contributed by atoms with Gasteiger partial charge in [0.2, 0.25) is 5.91 Å². The minimum absolute atomic E-state index is 0.00332. The molecule has 1 amide bonds. The van der Waals surface area contributed by atoms with E-state index < -0.39 is 4.92 Å². The van der Waals surface area contributed by atoms with Crippen molar-refractivity contribution >= 4 is 17.3 Å². The number of hydrogen-bond acceptors (Lipinski definition) is 5. The van der Waals surface area contributed by atoms with Gasteiger partial charge in [0.25, 0.3) is 5.69 Å².